The molecule has 1 aromatic carbocycles. The summed E-state index contributed by atoms with van der Waals surface area (Å²) < 4.78 is 29.5. The van der Waals surface area contributed by atoms with E-state index in [0.717, 1.165) is 31.2 Å². The van der Waals surface area contributed by atoms with Gasteiger partial charge in [0.2, 0.25) is 0 Å². The highest BCUT2D eigenvalue weighted by atomic mass is 19.3. The van der Waals surface area contributed by atoms with Gasteiger partial charge in [0, 0.05) is 18.2 Å². The Labute approximate surface area is 117 Å². The van der Waals surface area contributed by atoms with Crippen LogP contribution < -0.4 is 10.1 Å². The summed E-state index contributed by atoms with van der Waals surface area (Å²) in [6, 6.07) is 5.74. The maximum absolute atomic E-state index is 12.4. The van der Waals surface area contributed by atoms with Crippen molar-refractivity contribution in [1.29, 1.82) is 0 Å². The van der Waals surface area contributed by atoms with Gasteiger partial charge in [-0.15, -0.1) is 0 Å². The first-order chi connectivity index (χ1) is 9.56. The smallest absolute Gasteiger partial charge is 0.387 e. The number of halogens is 2. The van der Waals surface area contributed by atoms with E-state index in [-0.39, 0.29) is 11.9 Å². The minimum atomic E-state index is -2.81. The fraction of sp³-hybridized carbons (Fsp3) is 0.600. The lowest BCUT2D eigenvalue weighted by molar-refractivity contribution is -0.0509. The highest BCUT2D eigenvalue weighted by Gasteiger charge is 2.19. The second-order valence-corrected chi connectivity index (χ2v) is 5.33. The van der Waals surface area contributed by atoms with Crippen LogP contribution in [0, 0.1) is 6.92 Å². The molecule has 0 unspecified atom stereocenters. The summed E-state index contributed by atoms with van der Waals surface area (Å²) in [4.78, 5) is 0. The Morgan fingerprint density at radius 2 is 2.00 bits per heavy atom. The number of benzene rings is 1. The molecule has 1 aliphatic rings. The molecule has 1 aromatic rings. The summed E-state index contributed by atoms with van der Waals surface area (Å²) in [6.45, 7) is -0.539. The molecule has 20 heavy (non-hydrogen) atoms. The van der Waals surface area contributed by atoms with Crippen LogP contribution in [-0.2, 0) is 6.54 Å². The molecule has 0 aromatic heterocycles. The van der Waals surface area contributed by atoms with Crippen LogP contribution in [0.5, 0.6) is 5.75 Å². The van der Waals surface area contributed by atoms with E-state index in [4.69, 9.17) is 0 Å². The van der Waals surface area contributed by atoms with Crippen molar-refractivity contribution in [2.24, 2.45) is 0 Å². The Bertz CT molecular complexity index is 432. The SMILES string of the molecule is Cc1cccc(CNC2CCC(O)CC2)c1OC(F)F. The van der Waals surface area contributed by atoms with Crippen molar-refractivity contribution in [1.82, 2.24) is 5.32 Å². The number of para-hydroxylation sites is 1. The van der Waals surface area contributed by atoms with E-state index in [9.17, 15) is 13.9 Å². The van der Waals surface area contributed by atoms with Crippen molar-refractivity contribution in [3.63, 3.8) is 0 Å². The number of hydrogen-bond donors (Lipinski definition) is 2. The van der Waals surface area contributed by atoms with Crippen molar-refractivity contribution in [3.8, 4) is 5.75 Å². The summed E-state index contributed by atoms with van der Waals surface area (Å²) >= 11 is 0. The standard InChI is InChI=1S/C15H21F2NO2/c1-10-3-2-4-11(14(10)20-15(16)17)9-18-12-5-7-13(19)8-6-12/h2-4,12-13,15,18-19H,5-9H2,1H3. The van der Waals surface area contributed by atoms with E-state index in [1.807, 2.05) is 6.07 Å². The van der Waals surface area contributed by atoms with Crippen LogP contribution in [-0.4, -0.2) is 23.9 Å². The number of aliphatic hydroxyl groups is 1. The zero-order valence-electron chi connectivity index (χ0n) is 11.6. The van der Waals surface area contributed by atoms with Gasteiger partial charge in [-0.1, -0.05) is 18.2 Å². The zero-order valence-corrected chi connectivity index (χ0v) is 11.6. The second kappa shape index (κ2) is 6.99. The molecule has 0 atom stereocenters. The predicted molar refractivity (Wildman–Crippen MR) is 72.9 cm³/mol. The van der Waals surface area contributed by atoms with Gasteiger partial charge in [-0.3, -0.25) is 0 Å². The maximum atomic E-state index is 12.4. The van der Waals surface area contributed by atoms with E-state index < -0.39 is 6.61 Å². The molecule has 2 N–H and O–H groups in total. The Morgan fingerprint density at radius 3 is 2.65 bits per heavy atom. The fourth-order valence-corrected chi connectivity index (χ4v) is 2.64. The van der Waals surface area contributed by atoms with E-state index in [1.54, 1.807) is 19.1 Å². The third kappa shape index (κ3) is 4.15. The lowest BCUT2D eigenvalue weighted by Crippen LogP contribution is -2.34. The molecule has 3 nitrogen and oxygen atoms in total. The Balaban J connectivity index is 1.96. The third-order valence-corrected chi connectivity index (χ3v) is 3.78. The largest absolute Gasteiger partial charge is 0.434 e. The number of alkyl halides is 2. The molecule has 2 rings (SSSR count). The third-order valence-electron chi connectivity index (χ3n) is 3.78. The number of nitrogens with one attached hydrogen (secondary N) is 1. The molecular weight excluding hydrogens is 264 g/mol. The minimum Gasteiger partial charge on any atom is -0.434 e. The number of hydrogen-bond acceptors (Lipinski definition) is 3. The Hall–Kier alpha value is -1.20. The summed E-state index contributed by atoms with van der Waals surface area (Å²) in [5.74, 6) is 0.269. The molecule has 0 radical (unpaired) electrons. The van der Waals surface area contributed by atoms with Gasteiger partial charge in [0.25, 0.3) is 0 Å². The first kappa shape index (κ1) is 15.2. The highest BCUT2D eigenvalue weighted by molar-refractivity contribution is 5.40. The summed E-state index contributed by atoms with van der Waals surface area (Å²) in [5.41, 5.74) is 1.46. The topological polar surface area (TPSA) is 41.5 Å². The lowest BCUT2D eigenvalue weighted by atomic mass is 9.93. The highest BCUT2D eigenvalue weighted by Crippen LogP contribution is 2.26. The predicted octanol–water partition coefficient (Wildman–Crippen LogP) is 2.99. The van der Waals surface area contributed by atoms with Crippen molar-refractivity contribution < 1.29 is 18.6 Å². The molecule has 5 heteroatoms. The van der Waals surface area contributed by atoms with Crippen LogP contribution in [0.25, 0.3) is 0 Å². The maximum Gasteiger partial charge on any atom is 0.387 e. The van der Waals surface area contributed by atoms with Gasteiger partial charge < -0.3 is 15.2 Å². The Morgan fingerprint density at radius 1 is 1.30 bits per heavy atom. The van der Waals surface area contributed by atoms with Gasteiger partial charge in [0.1, 0.15) is 5.75 Å². The van der Waals surface area contributed by atoms with Gasteiger partial charge in [-0.25, -0.2) is 0 Å². The van der Waals surface area contributed by atoms with Gasteiger partial charge >= 0.3 is 6.61 Å². The Kier molecular flexibility index (Phi) is 5.31. The molecule has 1 aliphatic carbocycles. The van der Waals surface area contributed by atoms with Crippen molar-refractivity contribution in [2.45, 2.75) is 57.9 Å². The fourth-order valence-electron chi connectivity index (χ4n) is 2.64. The summed E-state index contributed by atoms with van der Waals surface area (Å²) in [6.07, 6.45) is 3.23. The van der Waals surface area contributed by atoms with Crippen LogP contribution in [0.2, 0.25) is 0 Å². The quantitative estimate of drug-likeness (QED) is 0.874. The van der Waals surface area contributed by atoms with Crippen LogP contribution in [0.15, 0.2) is 18.2 Å². The first-order valence-corrected chi connectivity index (χ1v) is 7.01. The van der Waals surface area contributed by atoms with Gasteiger partial charge in [0.05, 0.1) is 6.10 Å². The number of aryl methyl sites for hydroxylation is 1. The average Bonchev–Trinajstić information content (AvgIpc) is 2.41. The van der Waals surface area contributed by atoms with Crippen LogP contribution in [0.1, 0.15) is 36.8 Å². The van der Waals surface area contributed by atoms with Crippen LogP contribution >= 0.6 is 0 Å². The molecule has 0 aliphatic heterocycles. The molecule has 1 fully saturated rings. The summed E-state index contributed by atoms with van der Waals surface area (Å²) in [5, 5.41) is 12.8. The number of rotatable bonds is 5. The molecule has 0 bridgehead atoms. The number of ether oxygens (including phenoxy) is 1. The van der Waals surface area contributed by atoms with Crippen molar-refractivity contribution in [2.75, 3.05) is 0 Å². The normalized spacial score (nSPS) is 23.1. The molecule has 0 heterocycles. The van der Waals surface area contributed by atoms with E-state index in [2.05, 4.69) is 10.1 Å². The molecule has 0 spiro atoms. The van der Waals surface area contributed by atoms with Gasteiger partial charge in [0.15, 0.2) is 0 Å². The summed E-state index contributed by atoms with van der Waals surface area (Å²) in [7, 11) is 0. The van der Waals surface area contributed by atoms with Crippen molar-refractivity contribution >= 4 is 0 Å². The van der Waals surface area contributed by atoms with Crippen LogP contribution in [0.4, 0.5) is 8.78 Å². The molecular formula is C15H21F2NO2. The van der Waals surface area contributed by atoms with Gasteiger partial charge in [-0.2, -0.15) is 8.78 Å². The van der Waals surface area contributed by atoms with Crippen LogP contribution in [0.3, 0.4) is 0 Å². The second-order valence-electron chi connectivity index (χ2n) is 5.33. The lowest BCUT2D eigenvalue weighted by Gasteiger charge is -2.26. The van der Waals surface area contributed by atoms with Gasteiger partial charge in [-0.05, 0) is 38.2 Å². The van der Waals surface area contributed by atoms with E-state index in [0.29, 0.717) is 18.2 Å². The van der Waals surface area contributed by atoms with E-state index >= 15 is 0 Å². The molecule has 112 valence electrons. The molecule has 0 saturated heterocycles. The van der Waals surface area contributed by atoms with E-state index in [1.165, 1.54) is 0 Å². The molecule has 1 saturated carbocycles. The molecule has 0 amide bonds. The first-order valence-electron chi connectivity index (χ1n) is 7.01. The van der Waals surface area contributed by atoms with Crippen molar-refractivity contribution in [3.05, 3.63) is 29.3 Å². The minimum absolute atomic E-state index is 0.190. The zero-order chi connectivity index (χ0) is 14.5. The average molecular weight is 285 g/mol. The number of aliphatic hydroxyl groups excluding tert-OH is 1. The monoisotopic (exact) mass is 285 g/mol.